The molecule has 1 N–H and O–H groups in total. The monoisotopic (exact) mass is 493 g/mol. The van der Waals surface area contributed by atoms with Crippen LogP contribution < -0.4 is 20.7 Å². The van der Waals surface area contributed by atoms with Crippen molar-refractivity contribution in [3.05, 3.63) is 56.8 Å². The van der Waals surface area contributed by atoms with Crippen LogP contribution in [0.15, 0.2) is 34.1 Å². The van der Waals surface area contributed by atoms with Gasteiger partial charge in [0.2, 0.25) is 0 Å². The van der Waals surface area contributed by atoms with Gasteiger partial charge in [-0.3, -0.25) is 18.9 Å². The number of nitrogens with zero attached hydrogens (tertiary/aromatic N) is 4. The Morgan fingerprint density at radius 3 is 2.42 bits per heavy atom. The fraction of sp³-hybridized carbons (Fsp3) is 0.364. The van der Waals surface area contributed by atoms with Crippen molar-refractivity contribution in [2.75, 3.05) is 14.2 Å². The van der Waals surface area contributed by atoms with Crippen LogP contribution in [0.4, 0.5) is 0 Å². The summed E-state index contributed by atoms with van der Waals surface area (Å²) in [4.78, 5) is 37.3. The third kappa shape index (κ3) is 4.18. The minimum atomic E-state index is -0.746. The molecule has 0 aliphatic rings. The second-order valence-electron chi connectivity index (χ2n) is 7.99. The van der Waals surface area contributed by atoms with Crippen molar-refractivity contribution < 1.29 is 9.47 Å². The van der Waals surface area contributed by atoms with E-state index in [0.29, 0.717) is 35.1 Å². The zero-order chi connectivity index (χ0) is 23.2. The van der Waals surface area contributed by atoms with Gasteiger partial charge < -0.3 is 14.5 Å². The maximum Gasteiger partial charge on any atom is 0.332 e. The molecule has 9 nitrogen and oxygen atoms in total. The number of methoxy groups -OCH3 is 2. The zero-order valence-corrected chi connectivity index (χ0v) is 20.5. The molecule has 1 unspecified atom stereocenters. The van der Waals surface area contributed by atoms with Gasteiger partial charge in [0.25, 0.3) is 5.56 Å². The highest BCUT2D eigenvalue weighted by atomic mass is 35.5. The molecule has 3 heterocycles. The van der Waals surface area contributed by atoms with Gasteiger partial charge in [-0.05, 0) is 23.4 Å². The number of fused-ring (bicyclic) bond motifs is 2. The van der Waals surface area contributed by atoms with Gasteiger partial charge in [-0.25, -0.2) is 9.78 Å². The second kappa shape index (κ2) is 9.44. The largest absolute Gasteiger partial charge is 0.493 e. The van der Waals surface area contributed by atoms with Gasteiger partial charge in [-0.2, -0.15) is 0 Å². The minimum Gasteiger partial charge on any atom is -0.493 e. The van der Waals surface area contributed by atoms with Crippen molar-refractivity contribution in [3.8, 4) is 11.5 Å². The Labute approximate surface area is 200 Å². The summed E-state index contributed by atoms with van der Waals surface area (Å²) in [5.74, 6) is 1.67. The molecular formula is C22H25Cl2N5O4. The van der Waals surface area contributed by atoms with Gasteiger partial charge in [-0.1, -0.05) is 13.8 Å². The van der Waals surface area contributed by atoms with Crippen molar-refractivity contribution in [1.82, 2.24) is 24.1 Å². The Balaban J connectivity index is 0.00000306. The van der Waals surface area contributed by atoms with E-state index in [-0.39, 0.29) is 23.8 Å². The number of pyridine rings is 1. The van der Waals surface area contributed by atoms with E-state index in [4.69, 9.17) is 21.1 Å². The molecule has 0 saturated heterocycles. The predicted molar refractivity (Wildman–Crippen MR) is 130 cm³/mol. The van der Waals surface area contributed by atoms with E-state index < -0.39 is 16.6 Å². The molecule has 11 heteroatoms. The quantitative estimate of drug-likeness (QED) is 0.412. The fourth-order valence-corrected chi connectivity index (χ4v) is 4.05. The van der Waals surface area contributed by atoms with Gasteiger partial charge in [0.05, 0.1) is 14.2 Å². The first-order valence-electron chi connectivity index (χ1n) is 10.1. The third-order valence-corrected chi connectivity index (χ3v) is 5.79. The van der Waals surface area contributed by atoms with Gasteiger partial charge in [0, 0.05) is 36.9 Å². The Morgan fingerprint density at radius 2 is 1.79 bits per heavy atom. The molecule has 0 aliphatic heterocycles. The molecule has 1 aromatic carbocycles. The molecule has 0 radical (unpaired) electrons. The number of ether oxygens (including phenoxy) is 2. The van der Waals surface area contributed by atoms with E-state index in [9.17, 15) is 9.59 Å². The Kier molecular flexibility index (Phi) is 7.04. The summed E-state index contributed by atoms with van der Waals surface area (Å²) in [5.41, 5.74) is 0.346. The lowest BCUT2D eigenvalue weighted by Crippen LogP contribution is -2.38. The van der Waals surface area contributed by atoms with E-state index in [1.165, 1.54) is 11.6 Å². The highest BCUT2D eigenvalue weighted by molar-refractivity contribution is 6.23. The molecule has 0 amide bonds. The maximum absolute atomic E-state index is 12.7. The Morgan fingerprint density at radius 1 is 1.12 bits per heavy atom. The third-order valence-electron chi connectivity index (χ3n) is 5.35. The standard InChI is InChI=1S/C22H24ClN5O4.ClH/c1-11(2)10-28-20-18(21(29)27(3)22(28)30)25-19(26-20)17(23)14-9-24-8-12-6-15(31-4)16(32-5)7-13(12)14;/h6-9,11,17H,10H2,1-5H3,(H,25,26);1H. The molecule has 0 aliphatic carbocycles. The molecule has 0 spiro atoms. The molecule has 0 bridgehead atoms. The first kappa shape index (κ1) is 24.6. The molecule has 1 atom stereocenters. The number of alkyl halides is 1. The van der Waals surface area contributed by atoms with Gasteiger partial charge in [0.15, 0.2) is 17.1 Å². The van der Waals surface area contributed by atoms with E-state index in [1.807, 2.05) is 26.0 Å². The van der Waals surface area contributed by atoms with Crippen LogP contribution >= 0.6 is 24.0 Å². The van der Waals surface area contributed by atoms with Crippen LogP contribution in [0.1, 0.15) is 30.6 Å². The molecule has 3 aromatic heterocycles. The van der Waals surface area contributed by atoms with Gasteiger partial charge in [-0.15, -0.1) is 24.0 Å². The summed E-state index contributed by atoms with van der Waals surface area (Å²) in [6.45, 7) is 4.41. The van der Waals surface area contributed by atoms with E-state index in [2.05, 4.69) is 15.0 Å². The SMILES string of the molecule is COc1cc2cncc(C(Cl)c3nc4c([nH]3)c(=O)n(C)c(=O)n4CC(C)C)c2cc1OC.Cl. The summed E-state index contributed by atoms with van der Waals surface area (Å²) >= 11 is 6.84. The minimum absolute atomic E-state index is 0. The number of benzene rings is 1. The lowest BCUT2D eigenvalue weighted by molar-refractivity contribution is 0.356. The summed E-state index contributed by atoms with van der Waals surface area (Å²) < 4.78 is 13.4. The lowest BCUT2D eigenvalue weighted by Gasteiger charge is -2.13. The predicted octanol–water partition coefficient (Wildman–Crippen LogP) is 3.39. The average molecular weight is 494 g/mol. The van der Waals surface area contributed by atoms with Crippen LogP contribution in [0, 0.1) is 5.92 Å². The van der Waals surface area contributed by atoms with Crippen molar-refractivity contribution >= 4 is 45.9 Å². The molecule has 176 valence electrons. The lowest BCUT2D eigenvalue weighted by atomic mass is 10.0. The van der Waals surface area contributed by atoms with Crippen LogP contribution in [0.2, 0.25) is 0 Å². The number of rotatable bonds is 6. The highest BCUT2D eigenvalue weighted by Gasteiger charge is 2.23. The number of aromatic amines is 1. The van der Waals surface area contributed by atoms with E-state index >= 15 is 0 Å². The van der Waals surface area contributed by atoms with Crippen LogP contribution in [-0.4, -0.2) is 38.3 Å². The number of hydrogen-bond acceptors (Lipinski definition) is 6. The first-order chi connectivity index (χ1) is 15.3. The van der Waals surface area contributed by atoms with Gasteiger partial charge >= 0.3 is 5.69 Å². The van der Waals surface area contributed by atoms with Crippen LogP contribution in [0.25, 0.3) is 21.9 Å². The highest BCUT2D eigenvalue weighted by Crippen LogP contribution is 2.38. The van der Waals surface area contributed by atoms with E-state index in [1.54, 1.807) is 26.6 Å². The van der Waals surface area contributed by atoms with Crippen LogP contribution in [0.3, 0.4) is 0 Å². The average Bonchev–Trinajstić information content (AvgIpc) is 3.23. The number of aromatic nitrogens is 5. The second-order valence-corrected chi connectivity index (χ2v) is 8.43. The topological polar surface area (TPSA) is 104 Å². The van der Waals surface area contributed by atoms with E-state index in [0.717, 1.165) is 15.3 Å². The molecular weight excluding hydrogens is 469 g/mol. The summed E-state index contributed by atoms with van der Waals surface area (Å²) in [6.07, 6.45) is 3.36. The molecule has 4 aromatic rings. The van der Waals surface area contributed by atoms with Crippen molar-refractivity contribution in [1.29, 1.82) is 0 Å². The smallest absolute Gasteiger partial charge is 0.332 e. The summed E-state index contributed by atoms with van der Waals surface area (Å²) in [6, 6.07) is 3.65. The Bertz CT molecular complexity index is 1440. The number of halogens is 2. The molecule has 33 heavy (non-hydrogen) atoms. The zero-order valence-electron chi connectivity index (χ0n) is 18.9. The fourth-order valence-electron chi connectivity index (χ4n) is 3.77. The number of H-pyrrole nitrogens is 1. The molecule has 4 rings (SSSR count). The number of imidazole rings is 1. The van der Waals surface area contributed by atoms with Crippen LogP contribution in [-0.2, 0) is 13.6 Å². The number of hydrogen-bond donors (Lipinski definition) is 1. The van der Waals surface area contributed by atoms with Gasteiger partial charge in [0.1, 0.15) is 16.7 Å². The summed E-state index contributed by atoms with van der Waals surface area (Å²) in [7, 11) is 4.58. The normalized spacial score (nSPS) is 12.2. The molecule has 0 fully saturated rings. The first-order valence-corrected chi connectivity index (χ1v) is 10.5. The number of nitrogens with one attached hydrogen (secondary N) is 1. The van der Waals surface area contributed by atoms with Crippen molar-refractivity contribution in [3.63, 3.8) is 0 Å². The van der Waals surface area contributed by atoms with Crippen LogP contribution in [0.5, 0.6) is 11.5 Å². The van der Waals surface area contributed by atoms with Crippen molar-refractivity contribution in [2.24, 2.45) is 13.0 Å². The Hall–Kier alpha value is -3.04. The maximum atomic E-state index is 12.7. The molecule has 0 saturated carbocycles. The summed E-state index contributed by atoms with van der Waals surface area (Å²) in [5, 5.41) is 0.879. The van der Waals surface area contributed by atoms with Crippen molar-refractivity contribution in [2.45, 2.75) is 25.8 Å².